The van der Waals surface area contributed by atoms with Crippen molar-refractivity contribution in [3.63, 3.8) is 0 Å². The number of H-pyrrole nitrogens is 1. The number of benzene rings is 1. The summed E-state index contributed by atoms with van der Waals surface area (Å²) in [6.45, 7) is 4.08. The molecule has 1 aromatic heterocycles. The Hall–Kier alpha value is -1.85. The predicted octanol–water partition coefficient (Wildman–Crippen LogP) is 2.39. The minimum atomic E-state index is -0.885. The molecule has 24 heavy (non-hydrogen) atoms. The van der Waals surface area contributed by atoms with Crippen LogP contribution in [0.2, 0.25) is 0 Å². The van der Waals surface area contributed by atoms with E-state index in [1.165, 1.54) is 0 Å². The highest BCUT2D eigenvalue weighted by Crippen LogP contribution is 2.28. The predicted molar refractivity (Wildman–Crippen MR) is 94.2 cm³/mol. The molecule has 1 aliphatic rings. The van der Waals surface area contributed by atoms with Gasteiger partial charge in [-0.15, -0.1) is 0 Å². The Labute approximate surface area is 142 Å². The second-order valence-electron chi connectivity index (χ2n) is 6.85. The zero-order chi connectivity index (χ0) is 17.4. The number of hydrogen-bond acceptors (Lipinski definition) is 3. The molecule has 0 aliphatic heterocycles. The summed E-state index contributed by atoms with van der Waals surface area (Å²) in [4.78, 5) is 17.9. The van der Waals surface area contributed by atoms with Gasteiger partial charge in [0.05, 0.1) is 12.1 Å². The third-order valence-electron chi connectivity index (χ3n) is 5.24. The van der Waals surface area contributed by atoms with Gasteiger partial charge in [-0.2, -0.15) is 0 Å². The van der Waals surface area contributed by atoms with Gasteiger partial charge in [0, 0.05) is 18.0 Å². The summed E-state index contributed by atoms with van der Waals surface area (Å²) in [5.74, 6) is -0.126. The molecule has 1 aliphatic carbocycles. The average Bonchev–Trinajstić information content (AvgIpc) is 2.93. The fraction of sp³-hybridized carbons (Fsp3) is 0.526. The maximum atomic E-state index is 13.0. The average molecular weight is 330 g/mol. The SMILES string of the molecule is CCc1c(C(=O)N(C)[C@@H]2CCC[C@@H](O)[C@@H]2O)[nH]c2ccc(C)cc12. The summed E-state index contributed by atoms with van der Waals surface area (Å²) >= 11 is 0. The van der Waals surface area contributed by atoms with Gasteiger partial charge in [0.15, 0.2) is 0 Å². The van der Waals surface area contributed by atoms with E-state index in [9.17, 15) is 15.0 Å². The largest absolute Gasteiger partial charge is 0.390 e. The number of likely N-dealkylation sites (N-methyl/N-ethyl adjacent to an activating group) is 1. The molecule has 2 aromatic rings. The van der Waals surface area contributed by atoms with Crippen molar-refractivity contribution in [3.05, 3.63) is 35.0 Å². The molecule has 3 atom stereocenters. The number of nitrogens with one attached hydrogen (secondary N) is 1. The molecule has 0 radical (unpaired) electrons. The van der Waals surface area contributed by atoms with Crippen molar-refractivity contribution in [1.29, 1.82) is 0 Å². The van der Waals surface area contributed by atoms with Crippen LogP contribution in [-0.4, -0.2) is 51.3 Å². The maximum absolute atomic E-state index is 13.0. The summed E-state index contributed by atoms with van der Waals surface area (Å²) in [5.41, 5.74) is 3.72. The molecule has 1 fully saturated rings. The highest BCUT2D eigenvalue weighted by atomic mass is 16.3. The van der Waals surface area contributed by atoms with Crippen LogP contribution >= 0.6 is 0 Å². The van der Waals surface area contributed by atoms with Gasteiger partial charge in [0.25, 0.3) is 5.91 Å². The van der Waals surface area contributed by atoms with Gasteiger partial charge in [-0.25, -0.2) is 0 Å². The van der Waals surface area contributed by atoms with Crippen LogP contribution in [0.3, 0.4) is 0 Å². The molecular formula is C19H26N2O3. The third kappa shape index (κ3) is 2.82. The molecule has 5 heteroatoms. The lowest BCUT2D eigenvalue weighted by Crippen LogP contribution is -2.51. The molecule has 1 saturated carbocycles. The van der Waals surface area contributed by atoms with Crippen LogP contribution in [0.1, 0.15) is 47.8 Å². The number of aromatic amines is 1. The molecule has 1 amide bonds. The standard InChI is InChI=1S/C19H26N2O3/c1-4-12-13-10-11(2)8-9-14(13)20-17(12)19(24)21(3)15-6-5-7-16(22)18(15)23/h8-10,15-16,18,20,22-23H,4-7H2,1-3H3/t15-,16-,18-/m1/s1. The molecule has 0 spiro atoms. The van der Waals surface area contributed by atoms with E-state index in [1.807, 2.05) is 26.0 Å². The number of carbonyl (C=O) groups excluding carboxylic acids is 1. The lowest BCUT2D eigenvalue weighted by atomic mass is 9.89. The number of nitrogens with zero attached hydrogens (tertiary/aromatic N) is 1. The fourth-order valence-electron chi connectivity index (χ4n) is 3.80. The minimum Gasteiger partial charge on any atom is -0.390 e. The Balaban J connectivity index is 1.96. The number of hydrogen-bond donors (Lipinski definition) is 3. The van der Waals surface area contributed by atoms with E-state index in [4.69, 9.17) is 0 Å². The van der Waals surface area contributed by atoms with Gasteiger partial charge >= 0.3 is 0 Å². The topological polar surface area (TPSA) is 76.6 Å². The number of fused-ring (bicyclic) bond motifs is 1. The number of carbonyl (C=O) groups is 1. The van der Waals surface area contributed by atoms with Crippen LogP contribution in [0.5, 0.6) is 0 Å². The Morgan fingerprint density at radius 3 is 2.79 bits per heavy atom. The Kier molecular flexibility index (Phi) is 4.65. The Morgan fingerprint density at radius 2 is 2.08 bits per heavy atom. The van der Waals surface area contributed by atoms with Gasteiger partial charge in [0.2, 0.25) is 0 Å². The first-order chi connectivity index (χ1) is 11.4. The van der Waals surface area contributed by atoms with E-state index >= 15 is 0 Å². The van der Waals surface area contributed by atoms with E-state index in [-0.39, 0.29) is 11.9 Å². The normalized spacial score (nSPS) is 24.3. The number of aliphatic hydroxyl groups is 2. The molecule has 1 heterocycles. The second-order valence-corrected chi connectivity index (χ2v) is 6.85. The molecule has 0 saturated heterocycles. The van der Waals surface area contributed by atoms with E-state index in [0.717, 1.165) is 34.9 Å². The highest BCUT2D eigenvalue weighted by Gasteiger charge is 2.36. The fourth-order valence-corrected chi connectivity index (χ4v) is 3.80. The summed E-state index contributed by atoms with van der Waals surface area (Å²) in [7, 11) is 1.71. The summed E-state index contributed by atoms with van der Waals surface area (Å²) in [6.07, 6.45) is 1.23. The van der Waals surface area contributed by atoms with Crippen molar-refractivity contribution in [3.8, 4) is 0 Å². The van der Waals surface area contributed by atoms with Gasteiger partial charge in [-0.1, -0.05) is 18.6 Å². The minimum absolute atomic E-state index is 0.126. The van der Waals surface area contributed by atoms with E-state index in [1.54, 1.807) is 11.9 Å². The lowest BCUT2D eigenvalue weighted by Gasteiger charge is -2.37. The number of aliphatic hydroxyl groups excluding tert-OH is 2. The Morgan fingerprint density at radius 1 is 1.33 bits per heavy atom. The van der Waals surface area contributed by atoms with E-state index in [2.05, 4.69) is 11.1 Å². The van der Waals surface area contributed by atoms with Crippen LogP contribution in [-0.2, 0) is 6.42 Å². The van der Waals surface area contributed by atoms with Crippen LogP contribution in [0, 0.1) is 6.92 Å². The molecule has 3 N–H and O–H groups in total. The van der Waals surface area contributed by atoms with Gasteiger partial charge in [-0.3, -0.25) is 4.79 Å². The van der Waals surface area contributed by atoms with Crippen molar-refractivity contribution >= 4 is 16.8 Å². The van der Waals surface area contributed by atoms with Gasteiger partial charge in [0.1, 0.15) is 11.8 Å². The molecule has 0 bridgehead atoms. The highest BCUT2D eigenvalue weighted by molar-refractivity contribution is 6.01. The molecule has 3 rings (SSSR count). The smallest absolute Gasteiger partial charge is 0.270 e. The molecular weight excluding hydrogens is 304 g/mol. The zero-order valence-corrected chi connectivity index (χ0v) is 14.5. The molecule has 0 unspecified atom stereocenters. The zero-order valence-electron chi connectivity index (χ0n) is 14.5. The number of aromatic nitrogens is 1. The van der Waals surface area contributed by atoms with Crippen LogP contribution in [0.15, 0.2) is 18.2 Å². The maximum Gasteiger partial charge on any atom is 0.270 e. The number of rotatable bonds is 3. The van der Waals surface area contributed by atoms with Crippen molar-refractivity contribution in [1.82, 2.24) is 9.88 Å². The van der Waals surface area contributed by atoms with E-state index in [0.29, 0.717) is 18.5 Å². The van der Waals surface area contributed by atoms with Crippen LogP contribution in [0.4, 0.5) is 0 Å². The number of aryl methyl sites for hydroxylation is 2. The lowest BCUT2D eigenvalue weighted by molar-refractivity contribution is -0.0527. The number of amides is 1. The van der Waals surface area contributed by atoms with Crippen molar-refractivity contribution in [2.45, 2.75) is 57.8 Å². The third-order valence-corrected chi connectivity index (χ3v) is 5.24. The van der Waals surface area contributed by atoms with Gasteiger partial charge in [-0.05, 0) is 50.3 Å². The summed E-state index contributed by atoms with van der Waals surface area (Å²) < 4.78 is 0. The first-order valence-electron chi connectivity index (χ1n) is 8.68. The first kappa shape index (κ1) is 17.0. The quantitative estimate of drug-likeness (QED) is 0.809. The van der Waals surface area contributed by atoms with Crippen molar-refractivity contribution in [2.75, 3.05) is 7.05 Å². The van der Waals surface area contributed by atoms with Gasteiger partial charge < -0.3 is 20.1 Å². The molecule has 5 nitrogen and oxygen atoms in total. The van der Waals surface area contributed by atoms with Crippen LogP contribution in [0.25, 0.3) is 10.9 Å². The summed E-state index contributed by atoms with van der Waals surface area (Å²) in [5, 5.41) is 21.2. The Bertz CT molecular complexity index is 752. The van der Waals surface area contributed by atoms with Crippen molar-refractivity contribution < 1.29 is 15.0 Å². The van der Waals surface area contributed by atoms with Crippen molar-refractivity contribution in [2.24, 2.45) is 0 Å². The molecule has 130 valence electrons. The second kappa shape index (κ2) is 6.57. The van der Waals surface area contributed by atoms with E-state index < -0.39 is 12.2 Å². The molecule has 1 aromatic carbocycles. The van der Waals surface area contributed by atoms with Crippen LogP contribution < -0.4 is 0 Å². The first-order valence-corrected chi connectivity index (χ1v) is 8.68. The monoisotopic (exact) mass is 330 g/mol. The summed E-state index contributed by atoms with van der Waals surface area (Å²) in [6, 6.07) is 5.77.